The number of hydrogen-bond acceptors (Lipinski definition) is 4. The molecule has 2 aliphatic rings. The molecular weight excluding hydrogens is 522 g/mol. The van der Waals surface area contributed by atoms with Gasteiger partial charge in [-0.25, -0.2) is 8.42 Å². The Hall–Kier alpha value is -1.24. The van der Waals surface area contributed by atoms with Crippen LogP contribution in [0.15, 0.2) is 29.3 Å². The Morgan fingerprint density at radius 3 is 2.55 bits per heavy atom. The van der Waals surface area contributed by atoms with Gasteiger partial charge >= 0.3 is 6.36 Å². The number of rotatable bonds is 3. The summed E-state index contributed by atoms with van der Waals surface area (Å²) in [7, 11) is -1.57. The maximum atomic E-state index is 12.6. The Bertz CT molecular complexity index is 875. The second kappa shape index (κ2) is 8.48. The van der Waals surface area contributed by atoms with Crippen LogP contribution in [0.25, 0.3) is 0 Å². The van der Waals surface area contributed by atoms with Gasteiger partial charge in [0, 0.05) is 32.1 Å². The molecule has 1 aromatic carbocycles. The molecule has 0 spiro atoms. The van der Waals surface area contributed by atoms with E-state index in [4.69, 9.17) is 0 Å². The van der Waals surface area contributed by atoms with E-state index < -0.39 is 20.9 Å². The number of nitrogens with one attached hydrogen (secondary N) is 1. The van der Waals surface area contributed by atoms with Crippen LogP contribution >= 0.6 is 24.0 Å². The molecule has 1 aliphatic carbocycles. The molecule has 2 atom stereocenters. The average Bonchev–Trinajstić information content (AvgIpc) is 3.33. The van der Waals surface area contributed by atoms with Crippen molar-refractivity contribution in [3.8, 4) is 5.75 Å². The molecule has 0 aromatic heterocycles. The maximum Gasteiger partial charge on any atom is 0.573 e. The van der Waals surface area contributed by atoms with E-state index >= 15 is 0 Å². The lowest BCUT2D eigenvalue weighted by Gasteiger charge is -2.39. The van der Waals surface area contributed by atoms with Gasteiger partial charge in [-0.3, -0.25) is 4.99 Å². The van der Waals surface area contributed by atoms with Crippen molar-refractivity contribution < 1.29 is 26.3 Å². The van der Waals surface area contributed by atoms with Crippen molar-refractivity contribution >= 4 is 39.8 Å². The molecule has 3 rings (SSSR count). The molecule has 1 saturated carbocycles. The second-order valence-electron chi connectivity index (χ2n) is 7.73. The van der Waals surface area contributed by atoms with Crippen LogP contribution < -0.4 is 10.1 Å². The molecule has 6 nitrogen and oxygen atoms in total. The maximum absolute atomic E-state index is 12.6. The van der Waals surface area contributed by atoms with Gasteiger partial charge in [-0.15, -0.1) is 37.1 Å². The predicted molar refractivity (Wildman–Crippen MR) is 116 cm³/mol. The number of ether oxygens (including phenoxy) is 1. The molecule has 2 unspecified atom stereocenters. The van der Waals surface area contributed by atoms with E-state index in [0.717, 1.165) is 0 Å². The molecule has 164 valence electrons. The molecule has 0 radical (unpaired) electrons. The normalized spacial score (nSPS) is 25.7. The minimum absolute atomic E-state index is 0. The number of guanidine groups is 1. The Kier molecular flexibility index (Phi) is 7.03. The Morgan fingerprint density at radius 1 is 1.31 bits per heavy atom. The smallest absolute Gasteiger partial charge is 0.405 e. The number of alkyl halides is 3. The predicted octanol–water partition coefficient (Wildman–Crippen LogP) is 3.14. The molecule has 11 heteroatoms. The quantitative estimate of drug-likeness (QED) is 0.358. The Morgan fingerprint density at radius 2 is 1.97 bits per heavy atom. The van der Waals surface area contributed by atoms with Crippen molar-refractivity contribution in [1.29, 1.82) is 0 Å². The average molecular weight is 547 g/mol. The van der Waals surface area contributed by atoms with Crippen LogP contribution in [-0.2, 0) is 9.84 Å². The van der Waals surface area contributed by atoms with Gasteiger partial charge in [-0.2, -0.15) is 0 Å². The van der Waals surface area contributed by atoms with E-state index in [1.54, 1.807) is 33.0 Å². The van der Waals surface area contributed by atoms with Crippen molar-refractivity contribution in [3.63, 3.8) is 0 Å². The van der Waals surface area contributed by atoms with E-state index in [-0.39, 0.29) is 47.4 Å². The summed E-state index contributed by atoms with van der Waals surface area (Å²) < 4.78 is 65.5. The van der Waals surface area contributed by atoms with Gasteiger partial charge in [0.15, 0.2) is 15.8 Å². The third kappa shape index (κ3) is 5.47. The largest absolute Gasteiger partial charge is 0.573 e. The van der Waals surface area contributed by atoms with Crippen LogP contribution in [0.2, 0.25) is 0 Å². The standard InChI is InChI=1S/C18H24F3N3O3S.HI/c1-17(2)11-24(8-9-28(17,25)26)16(22-3)23-14-10-13(14)12-6-4-5-7-15(12)27-18(19,20)21;/h4-7,13-14H,8-11H2,1-3H3,(H,22,23);1H. The summed E-state index contributed by atoms with van der Waals surface area (Å²) in [5, 5.41) is 3.26. The highest BCUT2D eigenvalue weighted by Crippen LogP contribution is 2.45. The fourth-order valence-electron chi connectivity index (χ4n) is 3.49. The van der Waals surface area contributed by atoms with Crippen LogP contribution in [0.1, 0.15) is 31.7 Å². The van der Waals surface area contributed by atoms with Gasteiger partial charge in [0.05, 0.1) is 10.5 Å². The zero-order chi connectivity index (χ0) is 20.7. The third-order valence-corrected chi connectivity index (χ3v) is 7.74. The van der Waals surface area contributed by atoms with Crippen LogP contribution in [0.4, 0.5) is 13.2 Å². The SMILES string of the molecule is CN=C(NC1CC1c1ccccc1OC(F)(F)F)N1CCS(=O)(=O)C(C)(C)C1.I. The first kappa shape index (κ1) is 24.0. The van der Waals surface area contributed by atoms with Crippen molar-refractivity contribution in [1.82, 2.24) is 10.2 Å². The highest BCUT2D eigenvalue weighted by atomic mass is 127. The summed E-state index contributed by atoms with van der Waals surface area (Å²) in [4.78, 5) is 6.12. The lowest BCUT2D eigenvalue weighted by molar-refractivity contribution is -0.274. The van der Waals surface area contributed by atoms with Gasteiger partial charge in [0.1, 0.15) is 5.75 Å². The molecule has 2 fully saturated rings. The number of nitrogens with zero attached hydrogens (tertiary/aromatic N) is 2. The molecule has 1 aromatic rings. The number of para-hydroxylation sites is 1. The molecule has 0 bridgehead atoms. The lowest BCUT2D eigenvalue weighted by atomic mass is 10.1. The van der Waals surface area contributed by atoms with Gasteiger partial charge in [0.2, 0.25) is 0 Å². The van der Waals surface area contributed by atoms with Crippen molar-refractivity contribution in [2.45, 2.75) is 43.3 Å². The lowest BCUT2D eigenvalue weighted by Crippen LogP contribution is -2.57. The molecule has 1 N–H and O–H groups in total. The highest BCUT2D eigenvalue weighted by molar-refractivity contribution is 14.0. The van der Waals surface area contributed by atoms with Crippen molar-refractivity contribution in [2.75, 3.05) is 25.9 Å². The summed E-state index contributed by atoms with van der Waals surface area (Å²) >= 11 is 0. The fraction of sp³-hybridized carbons (Fsp3) is 0.611. The molecule has 1 heterocycles. The number of halogens is 4. The Labute approximate surface area is 185 Å². The number of benzene rings is 1. The minimum Gasteiger partial charge on any atom is -0.405 e. The van der Waals surface area contributed by atoms with E-state index in [0.29, 0.717) is 31.0 Å². The van der Waals surface area contributed by atoms with Gasteiger partial charge in [-0.1, -0.05) is 18.2 Å². The zero-order valence-electron chi connectivity index (χ0n) is 16.4. The van der Waals surface area contributed by atoms with Gasteiger partial charge < -0.3 is 15.0 Å². The molecule has 29 heavy (non-hydrogen) atoms. The van der Waals surface area contributed by atoms with Crippen LogP contribution in [0.5, 0.6) is 5.75 Å². The third-order valence-electron chi connectivity index (χ3n) is 5.20. The second-order valence-corrected chi connectivity index (χ2v) is 10.5. The first-order valence-corrected chi connectivity index (χ1v) is 10.6. The van der Waals surface area contributed by atoms with E-state index in [9.17, 15) is 21.6 Å². The van der Waals surface area contributed by atoms with Crippen LogP contribution in [-0.4, -0.2) is 62.3 Å². The summed E-state index contributed by atoms with van der Waals surface area (Å²) in [6.07, 6.45) is -4.10. The zero-order valence-corrected chi connectivity index (χ0v) is 19.5. The first-order chi connectivity index (χ1) is 12.9. The highest BCUT2D eigenvalue weighted by Gasteiger charge is 2.45. The first-order valence-electron chi connectivity index (χ1n) is 8.99. The van der Waals surface area contributed by atoms with E-state index in [1.165, 1.54) is 12.1 Å². The summed E-state index contributed by atoms with van der Waals surface area (Å²) in [5.74, 6) is 0.280. The number of hydrogen-bond donors (Lipinski definition) is 1. The summed E-state index contributed by atoms with van der Waals surface area (Å²) in [5.41, 5.74) is 0.495. The van der Waals surface area contributed by atoms with Gasteiger partial charge in [-0.05, 0) is 31.9 Å². The van der Waals surface area contributed by atoms with E-state index in [2.05, 4.69) is 15.0 Å². The molecule has 1 aliphatic heterocycles. The topological polar surface area (TPSA) is 71.0 Å². The summed E-state index contributed by atoms with van der Waals surface area (Å²) in [6, 6.07) is 6.04. The van der Waals surface area contributed by atoms with Crippen LogP contribution in [0.3, 0.4) is 0 Å². The number of sulfone groups is 1. The number of aliphatic imine (C=N–C) groups is 1. The minimum atomic E-state index is -4.74. The molecular formula is C18H25F3IN3O3S. The van der Waals surface area contributed by atoms with Gasteiger partial charge in [0.25, 0.3) is 0 Å². The molecule has 1 saturated heterocycles. The Balaban J connectivity index is 0.00000300. The monoisotopic (exact) mass is 547 g/mol. The van der Waals surface area contributed by atoms with Crippen LogP contribution in [0, 0.1) is 0 Å². The summed E-state index contributed by atoms with van der Waals surface area (Å²) in [6.45, 7) is 4.01. The molecule has 0 amide bonds. The van der Waals surface area contributed by atoms with Crippen molar-refractivity contribution in [3.05, 3.63) is 29.8 Å². The fourth-order valence-corrected chi connectivity index (χ4v) is 4.86. The van der Waals surface area contributed by atoms with E-state index in [1.807, 2.05) is 4.90 Å². The van der Waals surface area contributed by atoms with Crippen molar-refractivity contribution in [2.24, 2.45) is 4.99 Å².